The molecular weight excluding hydrogens is 208 g/mol. The van der Waals surface area contributed by atoms with E-state index in [1.165, 1.54) is 0 Å². The topological polar surface area (TPSA) is 81.4 Å². The van der Waals surface area contributed by atoms with E-state index in [1.54, 1.807) is 0 Å². The van der Waals surface area contributed by atoms with E-state index >= 15 is 0 Å². The van der Waals surface area contributed by atoms with Gasteiger partial charge >= 0.3 is 6.09 Å². The molecule has 16 heavy (non-hydrogen) atoms. The van der Waals surface area contributed by atoms with Gasteiger partial charge in [0.15, 0.2) is 0 Å². The van der Waals surface area contributed by atoms with Crippen LogP contribution in [0.2, 0.25) is 0 Å². The minimum absolute atomic E-state index is 0.204. The summed E-state index contributed by atoms with van der Waals surface area (Å²) in [5.74, 6) is -0.597. The molecule has 1 rings (SSSR count). The molecule has 0 aliphatic rings. The van der Waals surface area contributed by atoms with Crippen molar-refractivity contribution in [3.63, 3.8) is 0 Å². The first kappa shape index (κ1) is 12.0. The minimum atomic E-state index is -0.630. The highest BCUT2D eigenvalue weighted by molar-refractivity contribution is 5.80. The summed E-state index contributed by atoms with van der Waals surface area (Å²) in [4.78, 5) is 21.3. The number of carbonyl (C=O) groups is 2. The maximum absolute atomic E-state index is 11.0. The second-order valence-corrected chi connectivity index (χ2v) is 3.19. The van der Waals surface area contributed by atoms with Crippen LogP contribution in [-0.4, -0.2) is 25.2 Å². The number of benzene rings is 1. The van der Waals surface area contributed by atoms with Gasteiger partial charge < -0.3 is 15.8 Å². The normalized spacial score (nSPS) is 9.50. The number of primary amides is 1. The quantitative estimate of drug-likeness (QED) is 0.758. The molecule has 0 aromatic heterocycles. The maximum atomic E-state index is 11.0. The Morgan fingerprint density at radius 2 is 1.94 bits per heavy atom. The molecule has 0 atom stereocenters. The molecule has 0 saturated heterocycles. The van der Waals surface area contributed by atoms with E-state index in [-0.39, 0.29) is 13.2 Å². The molecule has 0 spiro atoms. The number of ether oxygens (including phenoxy) is 1. The highest BCUT2D eigenvalue weighted by Gasteiger charge is 2.02. The van der Waals surface area contributed by atoms with Gasteiger partial charge in [0.2, 0.25) is 5.91 Å². The Kier molecular flexibility index (Phi) is 4.85. The third kappa shape index (κ3) is 4.99. The van der Waals surface area contributed by atoms with Gasteiger partial charge in [-0.15, -0.1) is 0 Å². The molecule has 1 aromatic carbocycles. The summed E-state index contributed by atoms with van der Waals surface area (Å²) in [7, 11) is 0. The molecule has 0 fully saturated rings. The molecule has 0 unspecified atom stereocenters. The van der Waals surface area contributed by atoms with Crippen LogP contribution < -0.4 is 11.1 Å². The molecule has 0 bridgehead atoms. The second-order valence-electron chi connectivity index (χ2n) is 3.19. The summed E-state index contributed by atoms with van der Waals surface area (Å²) < 4.78 is 4.84. The van der Waals surface area contributed by atoms with Crippen LogP contribution >= 0.6 is 0 Å². The van der Waals surface area contributed by atoms with Crippen molar-refractivity contribution in [3.8, 4) is 0 Å². The van der Waals surface area contributed by atoms with Crippen LogP contribution in [0.15, 0.2) is 30.3 Å². The van der Waals surface area contributed by atoms with E-state index in [0.717, 1.165) is 5.56 Å². The molecule has 0 radical (unpaired) electrons. The van der Waals surface area contributed by atoms with Crippen molar-refractivity contribution >= 4 is 12.0 Å². The Hall–Kier alpha value is -2.04. The number of nitrogens with two attached hydrogens (primary N) is 1. The summed E-state index contributed by atoms with van der Waals surface area (Å²) in [5.41, 5.74) is 5.94. The van der Waals surface area contributed by atoms with Crippen molar-refractivity contribution in [2.75, 3.05) is 13.2 Å². The number of nitrogens with one attached hydrogen (secondary N) is 1. The molecule has 2 amide bonds. The van der Waals surface area contributed by atoms with Crippen LogP contribution in [0.25, 0.3) is 0 Å². The summed E-state index contributed by atoms with van der Waals surface area (Å²) >= 11 is 0. The van der Waals surface area contributed by atoms with E-state index in [2.05, 4.69) is 5.32 Å². The van der Waals surface area contributed by atoms with Crippen molar-refractivity contribution < 1.29 is 14.3 Å². The van der Waals surface area contributed by atoms with E-state index in [1.807, 2.05) is 30.3 Å². The Bertz CT molecular complexity index is 352. The fourth-order valence-corrected chi connectivity index (χ4v) is 1.12. The van der Waals surface area contributed by atoms with Crippen LogP contribution in [0.5, 0.6) is 0 Å². The fraction of sp³-hybridized carbons (Fsp3) is 0.273. The van der Waals surface area contributed by atoms with Gasteiger partial charge in [0.05, 0.1) is 13.2 Å². The lowest BCUT2D eigenvalue weighted by Crippen LogP contribution is -2.33. The summed E-state index contributed by atoms with van der Waals surface area (Å²) in [5, 5.41) is 2.23. The van der Waals surface area contributed by atoms with Gasteiger partial charge in [-0.2, -0.15) is 0 Å². The first-order valence-electron chi connectivity index (χ1n) is 4.91. The fourth-order valence-electron chi connectivity index (χ4n) is 1.12. The number of amides is 2. The Labute approximate surface area is 93.6 Å². The Balaban J connectivity index is 2.16. The predicted molar refractivity (Wildman–Crippen MR) is 58.7 cm³/mol. The molecule has 0 saturated carbocycles. The molecule has 1 aromatic rings. The van der Waals surface area contributed by atoms with Crippen LogP contribution in [0, 0.1) is 0 Å². The van der Waals surface area contributed by atoms with E-state index < -0.39 is 12.0 Å². The lowest BCUT2D eigenvalue weighted by atomic mass is 10.2. The average Bonchev–Trinajstić information content (AvgIpc) is 2.28. The van der Waals surface area contributed by atoms with Gasteiger partial charge in [-0.1, -0.05) is 30.3 Å². The molecule has 5 nitrogen and oxygen atoms in total. The molecule has 3 N–H and O–H groups in total. The number of carbonyl (C=O) groups excluding carboxylic acids is 2. The van der Waals surface area contributed by atoms with Gasteiger partial charge in [-0.05, 0) is 5.56 Å². The number of hydrogen-bond acceptors (Lipinski definition) is 3. The number of rotatable bonds is 5. The van der Waals surface area contributed by atoms with Gasteiger partial charge in [0, 0.05) is 6.42 Å². The maximum Gasteiger partial charge on any atom is 0.407 e. The largest absolute Gasteiger partial charge is 0.449 e. The van der Waals surface area contributed by atoms with E-state index in [4.69, 9.17) is 10.5 Å². The van der Waals surface area contributed by atoms with Crippen molar-refractivity contribution in [1.82, 2.24) is 5.32 Å². The first-order valence-corrected chi connectivity index (χ1v) is 4.91. The lowest BCUT2D eigenvalue weighted by molar-refractivity contribution is -0.117. The zero-order valence-electron chi connectivity index (χ0n) is 8.81. The molecule has 5 heteroatoms. The Morgan fingerprint density at radius 1 is 1.25 bits per heavy atom. The first-order chi connectivity index (χ1) is 7.68. The van der Waals surface area contributed by atoms with E-state index in [9.17, 15) is 9.59 Å². The minimum Gasteiger partial charge on any atom is -0.449 e. The zero-order valence-corrected chi connectivity index (χ0v) is 8.81. The second kappa shape index (κ2) is 6.44. The van der Waals surface area contributed by atoms with Gasteiger partial charge in [0.1, 0.15) is 0 Å². The van der Waals surface area contributed by atoms with Crippen molar-refractivity contribution in [2.45, 2.75) is 6.42 Å². The third-order valence-corrected chi connectivity index (χ3v) is 1.87. The highest BCUT2D eigenvalue weighted by atomic mass is 16.5. The van der Waals surface area contributed by atoms with Crippen molar-refractivity contribution in [3.05, 3.63) is 35.9 Å². The highest BCUT2D eigenvalue weighted by Crippen LogP contribution is 1.99. The third-order valence-electron chi connectivity index (χ3n) is 1.87. The Morgan fingerprint density at radius 3 is 2.56 bits per heavy atom. The van der Waals surface area contributed by atoms with Crippen LogP contribution in [0.3, 0.4) is 0 Å². The van der Waals surface area contributed by atoms with Crippen molar-refractivity contribution in [1.29, 1.82) is 0 Å². The summed E-state index contributed by atoms with van der Waals surface area (Å²) in [6, 6.07) is 9.66. The van der Waals surface area contributed by atoms with Crippen LogP contribution in [0.1, 0.15) is 5.56 Å². The SMILES string of the molecule is NC(=O)CNC(=O)OCCc1ccccc1. The monoisotopic (exact) mass is 222 g/mol. The van der Waals surface area contributed by atoms with Gasteiger partial charge in [-0.3, -0.25) is 4.79 Å². The van der Waals surface area contributed by atoms with Gasteiger partial charge in [0.25, 0.3) is 0 Å². The molecule has 0 heterocycles. The number of alkyl carbamates (subject to hydrolysis) is 1. The van der Waals surface area contributed by atoms with Gasteiger partial charge in [-0.25, -0.2) is 4.79 Å². The number of hydrogen-bond donors (Lipinski definition) is 2. The average molecular weight is 222 g/mol. The van der Waals surface area contributed by atoms with Crippen LogP contribution in [0.4, 0.5) is 4.79 Å². The lowest BCUT2D eigenvalue weighted by Gasteiger charge is -2.05. The summed E-state index contributed by atoms with van der Waals surface area (Å²) in [6.07, 6.45) is 0.0138. The molecular formula is C11H14N2O3. The van der Waals surface area contributed by atoms with Crippen LogP contribution in [-0.2, 0) is 16.0 Å². The molecule has 86 valence electrons. The van der Waals surface area contributed by atoms with E-state index in [0.29, 0.717) is 6.42 Å². The molecule has 0 aliphatic carbocycles. The predicted octanol–water partition coefficient (Wildman–Crippen LogP) is 0.441. The standard InChI is InChI=1S/C11H14N2O3/c12-10(14)8-13-11(15)16-7-6-9-4-2-1-3-5-9/h1-5H,6-8H2,(H2,12,14)(H,13,15). The summed E-state index contributed by atoms with van der Waals surface area (Å²) in [6.45, 7) is 0.0682. The smallest absolute Gasteiger partial charge is 0.407 e. The van der Waals surface area contributed by atoms with Crippen molar-refractivity contribution in [2.24, 2.45) is 5.73 Å². The molecule has 0 aliphatic heterocycles. The zero-order chi connectivity index (χ0) is 11.8.